The van der Waals surface area contributed by atoms with Gasteiger partial charge in [0.15, 0.2) is 6.10 Å². The molecule has 0 bridgehead atoms. The molecule has 0 aromatic heterocycles. The molecule has 0 saturated carbocycles. The zero-order valence-electron chi connectivity index (χ0n) is 16.1. The number of aliphatic hydroxyl groups is 5. The topological polar surface area (TPSA) is 188 Å². The molecule has 7 N–H and O–H groups in total. The average molecular weight is 444 g/mol. The summed E-state index contributed by atoms with van der Waals surface area (Å²) in [4.78, 5) is 12.2. The Bertz CT molecular complexity index is 1010. The molecule has 11 nitrogen and oxygen atoms in total. The van der Waals surface area contributed by atoms with Crippen LogP contribution in [0.1, 0.15) is 0 Å². The number of hydrogen-bond donors (Lipinski definition) is 7. The van der Waals surface area contributed by atoms with E-state index in [1.165, 1.54) is 12.1 Å². The van der Waals surface area contributed by atoms with Crippen molar-refractivity contribution in [3.8, 4) is 0 Å². The number of sulfonamides is 1. The normalized spacial score (nSPS) is 17.2. The number of nitrogens with one attached hydrogen (secondary N) is 1. The van der Waals surface area contributed by atoms with Crippen LogP contribution in [0.25, 0.3) is 10.8 Å². The van der Waals surface area contributed by atoms with Gasteiger partial charge in [0.1, 0.15) is 24.5 Å². The largest absolute Gasteiger partial charge is 0.479 e. The lowest BCUT2D eigenvalue weighted by molar-refractivity contribution is -0.168. The number of carbonyl (C=O) groups is 1. The smallest absolute Gasteiger partial charge is 0.335 e. The Morgan fingerprint density at radius 2 is 1.47 bits per heavy atom. The average Bonchev–Trinajstić information content (AvgIpc) is 2.69. The zero-order chi connectivity index (χ0) is 22.8. The second kappa shape index (κ2) is 9.22. The lowest BCUT2D eigenvalue weighted by atomic mass is 10.0. The van der Waals surface area contributed by atoms with Crippen LogP contribution in [0.2, 0.25) is 0 Å². The van der Waals surface area contributed by atoms with E-state index < -0.39 is 46.6 Å². The molecule has 0 fully saturated rings. The van der Waals surface area contributed by atoms with Crippen LogP contribution in [0.3, 0.4) is 0 Å². The molecule has 0 heterocycles. The minimum absolute atomic E-state index is 0.212. The Balaban J connectivity index is 2.32. The molecule has 5 atom stereocenters. The van der Waals surface area contributed by atoms with E-state index >= 15 is 0 Å². The van der Waals surface area contributed by atoms with Gasteiger partial charge in [0.2, 0.25) is 10.0 Å². The van der Waals surface area contributed by atoms with Crippen LogP contribution >= 0.6 is 0 Å². The van der Waals surface area contributed by atoms with Gasteiger partial charge < -0.3 is 35.5 Å². The third kappa shape index (κ3) is 4.87. The fourth-order valence-electron chi connectivity index (χ4n) is 2.90. The zero-order valence-corrected chi connectivity index (χ0v) is 16.9. The van der Waals surface area contributed by atoms with Gasteiger partial charge in [0.25, 0.3) is 0 Å². The summed E-state index contributed by atoms with van der Waals surface area (Å²) < 4.78 is 27.4. The summed E-state index contributed by atoms with van der Waals surface area (Å²) in [7, 11) is -0.851. The Hall–Kier alpha value is -2.32. The predicted molar refractivity (Wildman–Crippen MR) is 106 cm³/mol. The summed E-state index contributed by atoms with van der Waals surface area (Å²) in [6.45, 7) is 0. The summed E-state index contributed by atoms with van der Waals surface area (Å²) in [5.74, 6) is -1.88. The van der Waals surface area contributed by atoms with Gasteiger partial charge in [-0.1, -0.05) is 24.3 Å². The van der Waals surface area contributed by atoms with Crippen molar-refractivity contribution in [2.45, 2.75) is 35.5 Å². The molecular weight excluding hydrogens is 420 g/mol. The number of carboxylic acids is 1. The summed E-state index contributed by atoms with van der Waals surface area (Å²) in [6, 6.07) is 9.48. The molecule has 0 spiro atoms. The molecule has 2 aromatic rings. The molecule has 0 saturated heterocycles. The first-order valence-corrected chi connectivity index (χ1v) is 10.2. The van der Waals surface area contributed by atoms with Crippen LogP contribution in [0, 0.1) is 0 Å². The van der Waals surface area contributed by atoms with Gasteiger partial charge in [-0.3, -0.25) is 0 Å². The molecule has 166 valence electrons. The number of anilines is 1. The van der Waals surface area contributed by atoms with Crippen molar-refractivity contribution in [1.29, 1.82) is 0 Å². The van der Waals surface area contributed by atoms with E-state index in [9.17, 15) is 38.7 Å². The highest BCUT2D eigenvalue weighted by atomic mass is 32.2. The van der Waals surface area contributed by atoms with Gasteiger partial charge in [-0.25, -0.2) is 13.2 Å². The van der Waals surface area contributed by atoms with Gasteiger partial charge in [-0.2, -0.15) is 4.72 Å². The first kappa shape index (κ1) is 24.0. The second-order valence-corrected chi connectivity index (χ2v) is 8.53. The monoisotopic (exact) mass is 444 g/mol. The third-order valence-corrected chi connectivity index (χ3v) is 5.99. The molecule has 0 amide bonds. The fraction of sp³-hybridized carbons (Fsp3) is 0.389. The van der Waals surface area contributed by atoms with Crippen molar-refractivity contribution < 1.29 is 43.9 Å². The summed E-state index contributed by atoms with van der Waals surface area (Å²) in [6.07, 6.45) is -11.8. The number of rotatable bonds is 9. The SMILES string of the molecule is CN(C)c1cccc2c(S(=O)(=O)NC(O)C(O)C(O)C(O)C(O)C(=O)O)cccc12. The highest BCUT2D eigenvalue weighted by Crippen LogP contribution is 2.30. The Morgan fingerprint density at radius 1 is 0.900 bits per heavy atom. The summed E-state index contributed by atoms with van der Waals surface area (Å²) in [5, 5.41) is 58.2. The van der Waals surface area contributed by atoms with Crippen molar-refractivity contribution >= 4 is 32.5 Å². The van der Waals surface area contributed by atoms with Crippen LogP contribution < -0.4 is 9.62 Å². The lowest BCUT2D eigenvalue weighted by Gasteiger charge is -2.28. The highest BCUT2D eigenvalue weighted by Gasteiger charge is 2.38. The van der Waals surface area contributed by atoms with E-state index in [0.717, 1.165) is 5.69 Å². The fourth-order valence-corrected chi connectivity index (χ4v) is 4.21. The molecule has 2 aromatic carbocycles. The molecular formula is C18H24N2O9S. The third-order valence-electron chi connectivity index (χ3n) is 4.51. The molecule has 0 radical (unpaired) electrons. The lowest BCUT2D eigenvalue weighted by Crippen LogP contribution is -2.55. The van der Waals surface area contributed by atoms with Crippen LogP contribution in [0.4, 0.5) is 5.69 Å². The van der Waals surface area contributed by atoms with Crippen molar-refractivity contribution in [1.82, 2.24) is 4.72 Å². The molecule has 2 rings (SSSR count). The molecule has 30 heavy (non-hydrogen) atoms. The van der Waals surface area contributed by atoms with Crippen LogP contribution in [0.5, 0.6) is 0 Å². The first-order chi connectivity index (χ1) is 13.9. The van der Waals surface area contributed by atoms with E-state index in [1.54, 1.807) is 48.0 Å². The minimum Gasteiger partial charge on any atom is -0.479 e. The van der Waals surface area contributed by atoms with Gasteiger partial charge in [0.05, 0.1) is 4.90 Å². The maximum Gasteiger partial charge on any atom is 0.335 e. The van der Waals surface area contributed by atoms with E-state index in [2.05, 4.69) is 0 Å². The number of fused-ring (bicyclic) bond motifs is 1. The van der Waals surface area contributed by atoms with Crippen LogP contribution in [0.15, 0.2) is 41.3 Å². The van der Waals surface area contributed by atoms with Crippen molar-refractivity contribution in [2.75, 3.05) is 19.0 Å². The van der Waals surface area contributed by atoms with Crippen LogP contribution in [-0.2, 0) is 14.8 Å². The standard InChI is InChI=1S/C18H24N2O9S/c1-20(2)11-7-3-6-10-9(11)5-4-8-12(10)30(28,29)19-17(25)15(23)13(21)14(22)16(24)18(26)27/h3-8,13-17,19,21-25H,1-2H3,(H,26,27). The van der Waals surface area contributed by atoms with Gasteiger partial charge in [-0.15, -0.1) is 0 Å². The van der Waals surface area contributed by atoms with Crippen molar-refractivity contribution in [3.05, 3.63) is 36.4 Å². The number of benzene rings is 2. The van der Waals surface area contributed by atoms with Crippen molar-refractivity contribution in [3.63, 3.8) is 0 Å². The quantitative estimate of drug-likeness (QED) is 0.214. The van der Waals surface area contributed by atoms with Gasteiger partial charge >= 0.3 is 5.97 Å². The maximum absolute atomic E-state index is 12.8. The van der Waals surface area contributed by atoms with Crippen molar-refractivity contribution in [2.24, 2.45) is 0 Å². The Morgan fingerprint density at radius 3 is 2.03 bits per heavy atom. The maximum atomic E-state index is 12.8. The molecule has 0 aliphatic rings. The number of aliphatic carboxylic acids is 1. The number of aliphatic hydroxyl groups excluding tert-OH is 5. The number of carboxylic acid groups (broad SMARTS) is 1. The minimum atomic E-state index is -4.42. The Labute approximate surface area is 172 Å². The molecule has 0 aliphatic heterocycles. The van der Waals surface area contributed by atoms with Crippen LogP contribution in [-0.4, -0.2) is 89.8 Å². The van der Waals surface area contributed by atoms with Gasteiger partial charge in [-0.05, 0) is 12.1 Å². The number of hydrogen-bond acceptors (Lipinski definition) is 9. The van der Waals surface area contributed by atoms with E-state index in [0.29, 0.717) is 10.8 Å². The molecule has 0 aliphatic carbocycles. The summed E-state index contributed by atoms with van der Waals surface area (Å²) >= 11 is 0. The molecule has 5 unspecified atom stereocenters. The first-order valence-electron chi connectivity index (χ1n) is 8.73. The summed E-state index contributed by atoms with van der Waals surface area (Å²) in [5.41, 5.74) is 0.742. The number of nitrogens with zero attached hydrogens (tertiary/aromatic N) is 1. The van der Waals surface area contributed by atoms with E-state index in [4.69, 9.17) is 5.11 Å². The van der Waals surface area contributed by atoms with Gasteiger partial charge in [0, 0.05) is 30.6 Å². The Kier molecular flexibility index (Phi) is 7.36. The highest BCUT2D eigenvalue weighted by molar-refractivity contribution is 7.89. The molecule has 12 heteroatoms. The second-order valence-electron chi connectivity index (χ2n) is 6.84. The predicted octanol–water partition coefficient (Wildman–Crippen LogP) is -1.97. The van der Waals surface area contributed by atoms with E-state index in [1.807, 2.05) is 0 Å². The van der Waals surface area contributed by atoms with E-state index in [-0.39, 0.29) is 4.90 Å².